The van der Waals surface area contributed by atoms with Crippen LogP contribution in [0.1, 0.15) is 17.3 Å². The fourth-order valence-electron chi connectivity index (χ4n) is 2.54. The van der Waals surface area contributed by atoms with E-state index >= 15 is 0 Å². The first kappa shape index (κ1) is 19.8. The normalized spacial score (nSPS) is 13.7. The van der Waals surface area contributed by atoms with Gasteiger partial charge in [-0.3, -0.25) is 5.32 Å². The maximum atomic E-state index is 12.4. The van der Waals surface area contributed by atoms with Crippen LogP contribution >= 0.6 is 11.6 Å². The summed E-state index contributed by atoms with van der Waals surface area (Å²) in [5, 5.41) is 5.82. The first-order valence-corrected chi connectivity index (χ1v) is 9.15. The Morgan fingerprint density at radius 2 is 1.93 bits per heavy atom. The maximum Gasteiger partial charge on any atom is 0.343 e. The Morgan fingerprint density at radius 3 is 2.61 bits per heavy atom. The van der Waals surface area contributed by atoms with Crippen LogP contribution in [0.25, 0.3) is 0 Å². The molecule has 0 aliphatic carbocycles. The van der Waals surface area contributed by atoms with Crippen LogP contribution in [0, 0.1) is 0 Å². The summed E-state index contributed by atoms with van der Waals surface area (Å²) in [5.41, 5.74) is 0.618. The van der Waals surface area contributed by atoms with Crippen molar-refractivity contribution in [2.75, 3.05) is 48.4 Å². The van der Waals surface area contributed by atoms with Crippen LogP contribution in [-0.4, -0.2) is 54.9 Å². The van der Waals surface area contributed by atoms with E-state index in [1.54, 1.807) is 31.2 Å². The molecule has 148 valence electrons. The predicted molar refractivity (Wildman–Crippen MR) is 105 cm³/mol. The van der Waals surface area contributed by atoms with Gasteiger partial charge in [-0.05, 0) is 31.2 Å². The molecule has 2 amide bonds. The molecule has 0 atom stereocenters. The number of amides is 2. The van der Waals surface area contributed by atoms with E-state index in [4.69, 9.17) is 21.1 Å². The number of carbonyl (C=O) groups excluding carboxylic acids is 2. The molecule has 2 aromatic rings. The van der Waals surface area contributed by atoms with E-state index in [-0.39, 0.29) is 18.0 Å². The summed E-state index contributed by atoms with van der Waals surface area (Å²) in [4.78, 5) is 35.1. The molecular formula is C18H20ClN5O4. The SMILES string of the molecule is CCOC(=O)c1cnc(N2CCOCC2)nc1NC(=O)Nc1ccc(Cl)cc1. The Balaban J connectivity index is 1.81. The van der Waals surface area contributed by atoms with Crippen LogP contribution in [0.4, 0.5) is 22.2 Å². The number of urea groups is 1. The summed E-state index contributed by atoms with van der Waals surface area (Å²) >= 11 is 5.84. The minimum atomic E-state index is -0.613. The van der Waals surface area contributed by atoms with Crippen LogP contribution in [0.3, 0.4) is 0 Å². The minimum absolute atomic E-state index is 0.0707. The fraction of sp³-hybridized carbons (Fsp3) is 0.333. The Hall–Kier alpha value is -2.91. The molecule has 28 heavy (non-hydrogen) atoms. The Bertz CT molecular complexity index is 840. The van der Waals surface area contributed by atoms with Gasteiger partial charge < -0.3 is 19.7 Å². The molecule has 0 bridgehead atoms. The summed E-state index contributed by atoms with van der Waals surface area (Å²) in [6.45, 7) is 4.25. The lowest BCUT2D eigenvalue weighted by Gasteiger charge is -2.27. The number of aromatic nitrogens is 2. The maximum absolute atomic E-state index is 12.4. The molecule has 1 fully saturated rings. The number of nitrogens with zero attached hydrogens (tertiary/aromatic N) is 3. The molecule has 0 saturated carbocycles. The zero-order valence-corrected chi connectivity index (χ0v) is 16.0. The van der Waals surface area contributed by atoms with Crippen LogP contribution in [-0.2, 0) is 9.47 Å². The van der Waals surface area contributed by atoms with Gasteiger partial charge in [0.1, 0.15) is 5.56 Å². The number of anilines is 3. The highest BCUT2D eigenvalue weighted by Crippen LogP contribution is 2.19. The van der Waals surface area contributed by atoms with Gasteiger partial charge in [0.05, 0.1) is 19.8 Å². The highest BCUT2D eigenvalue weighted by atomic mass is 35.5. The van der Waals surface area contributed by atoms with Crippen molar-refractivity contribution in [2.24, 2.45) is 0 Å². The number of halogens is 1. The Kier molecular flexibility index (Phi) is 6.62. The lowest BCUT2D eigenvalue weighted by atomic mass is 10.3. The fourth-order valence-corrected chi connectivity index (χ4v) is 2.67. The van der Waals surface area contributed by atoms with E-state index < -0.39 is 12.0 Å². The number of carbonyl (C=O) groups is 2. The molecule has 0 radical (unpaired) electrons. The van der Waals surface area contributed by atoms with Crippen LogP contribution in [0.5, 0.6) is 0 Å². The van der Waals surface area contributed by atoms with Crippen molar-refractivity contribution in [3.8, 4) is 0 Å². The molecule has 1 saturated heterocycles. The van der Waals surface area contributed by atoms with E-state index in [1.807, 2.05) is 4.90 Å². The van der Waals surface area contributed by atoms with E-state index in [1.165, 1.54) is 6.20 Å². The van der Waals surface area contributed by atoms with E-state index in [2.05, 4.69) is 20.6 Å². The molecule has 1 aliphatic rings. The van der Waals surface area contributed by atoms with Gasteiger partial charge in [0, 0.05) is 30.0 Å². The second-order valence-electron chi connectivity index (χ2n) is 5.84. The molecule has 0 spiro atoms. The highest BCUT2D eigenvalue weighted by Gasteiger charge is 2.21. The molecule has 0 unspecified atom stereocenters. The third-order valence-corrected chi connectivity index (χ3v) is 4.15. The molecule has 1 aliphatic heterocycles. The van der Waals surface area contributed by atoms with Gasteiger partial charge in [-0.1, -0.05) is 11.6 Å². The van der Waals surface area contributed by atoms with Gasteiger partial charge >= 0.3 is 12.0 Å². The number of ether oxygens (including phenoxy) is 2. The smallest absolute Gasteiger partial charge is 0.343 e. The Morgan fingerprint density at radius 1 is 1.21 bits per heavy atom. The summed E-state index contributed by atoms with van der Waals surface area (Å²) in [6.07, 6.45) is 1.35. The third-order valence-electron chi connectivity index (χ3n) is 3.90. The zero-order chi connectivity index (χ0) is 19.9. The number of esters is 1. The van der Waals surface area contributed by atoms with Gasteiger partial charge in [-0.2, -0.15) is 4.98 Å². The van der Waals surface area contributed by atoms with Crippen molar-refractivity contribution in [3.05, 3.63) is 41.0 Å². The van der Waals surface area contributed by atoms with Crippen molar-refractivity contribution in [2.45, 2.75) is 6.92 Å². The second-order valence-corrected chi connectivity index (χ2v) is 6.27. The lowest BCUT2D eigenvalue weighted by molar-refractivity contribution is 0.0526. The summed E-state index contributed by atoms with van der Waals surface area (Å²) in [6, 6.07) is 6.07. The summed E-state index contributed by atoms with van der Waals surface area (Å²) in [7, 11) is 0. The number of morpholine rings is 1. The number of nitrogens with one attached hydrogen (secondary N) is 2. The molecule has 3 rings (SSSR count). The molecule has 9 nitrogen and oxygen atoms in total. The lowest BCUT2D eigenvalue weighted by Crippen LogP contribution is -2.37. The number of rotatable bonds is 5. The van der Waals surface area contributed by atoms with Gasteiger partial charge in [-0.15, -0.1) is 0 Å². The van der Waals surface area contributed by atoms with Crippen LogP contribution in [0.2, 0.25) is 5.02 Å². The van der Waals surface area contributed by atoms with Gasteiger partial charge in [0.15, 0.2) is 5.82 Å². The van der Waals surface area contributed by atoms with E-state index in [0.717, 1.165) is 0 Å². The molecule has 2 heterocycles. The second kappa shape index (κ2) is 9.34. The standard InChI is InChI=1S/C18H20ClN5O4/c1-2-28-16(25)14-11-20-17(24-7-9-27-10-8-24)22-15(14)23-18(26)21-13-5-3-12(19)4-6-13/h3-6,11H,2,7-10H2,1H3,(H2,20,21,22,23,26). The van der Waals surface area contributed by atoms with Crippen LogP contribution < -0.4 is 15.5 Å². The molecular weight excluding hydrogens is 386 g/mol. The Labute approximate surface area is 167 Å². The van der Waals surface area contributed by atoms with Gasteiger partial charge in [-0.25, -0.2) is 14.6 Å². The zero-order valence-electron chi connectivity index (χ0n) is 15.3. The quantitative estimate of drug-likeness (QED) is 0.736. The first-order chi connectivity index (χ1) is 13.6. The van der Waals surface area contributed by atoms with Crippen LogP contribution in [0.15, 0.2) is 30.5 Å². The average Bonchev–Trinajstić information content (AvgIpc) is 2.70. The molecule has 1 aromatic carbocycles. The third kappa shape index (κ3) is 5.08. The topological polar surface area (TPSA) is 106 Å². The predicted octanol–water partition coefficient (Wildman–Crippen LogP) is 2.79. The minimum Gasteiger partial charge on any atom is -0.462 e. The highest BCUT2D eigenvalue weighted by molar-refractivity contribution is 6.30. The van der Waals surface area contributed by atoms with Crippen molar-refractivity contribution in [3.63, 3.8) is 0 Å². The monoisotopic (exact) mass is 405 g/mol. The molecule has 1 aromatic heterocycles. The van der Waals surface area contributed by atoms with E-state index in [9.17, 15) is 9.59 Å². The number of hydrogen-bond donors (Lipinski definition) is 2. The van der Waals surface area contributed by atoms with Gasteiger partial charge in [0.25, 0.3) is 0 Å². The number of hydrogen-bond acceptors (Lipinski definition) is 7. The van der Waals surface area contributed by atoms with Crippen molar-refractivity contribution in [1.29, 1.82) is 0 Å². The average molecular weight is 406 g/mol. The van der Waals surface area contributed by atoms with Crippen molar-refractivity contribution >= 4 is 41.1 Å². The summed E-state index contributed by atoms with van der Waals surface area (Å²) < 4.78 is 10.4. The summed E-state index contributed by atoms with van der Waals surface area (Å²) in [5.74, 6) is -0.141. The van der Waals surface area contributed by atoms with Crippen molar-refractivity contribution < 1.29 is 19.1 Å². The van der Waals surface area contributed by atoms with Crippen molar-refractivity contribution in [1.82, 2.24) is 9.97 Å². The van der Waals surface area contributed by atoms with Gasteiger partial charge in [0.2, 0.25) is 5.95 Å². The largest absolute Gasteiger partial charge is 0.462 e. The molecule has 2 N–H and O–H groups in total. The number of benzene rings is 1. The van der Waals surface area contributed by atoms with E-state index in [0.29, 0.717) is 43.0 Å². The molecule has 10 heteroatoms. The first-order valence-electron chi connectivity index (χ1n) is 8.77.